The smallest absolute Gasteiger partial charge is 0.257 e. The number of aromatic nitrogens is 1. The molecule has 1 heterocycles. The molecule has 1 amide bonds. The fourth-order valence-electron chi connectivity index (χ4n) is 2.05. The summed E-state index contributed by atoms with van der Waals surface area (Å²) in [6, 6.07) is 13.1. The van der Waals surface area contributed by atoms with Crippen molar-refractivity contribution in [2.24, 2.45) is 0 Å². The molecule has 0 atom stereocenters. The Balaban J connectivity index is 1.95. The Kier molecular flexibility index (Phi) is 3.67. The Morgan fingerprint density at radius 3 is 2.85 bits per heavy atom. The van der Waals surface area contributed by atoms with Crippen molar-refractivity contribution in [3.05, 3.63) is 62.8 Å². The van der Waals surface area contributed by atoms with Crippen LogP contribution < -0.4 is 5.32 Å². The fourth-order valence-corrected chi connectivity index (χ4v) is 2.96. The summed E-state index contributed by atoms with van der Waals surface area (Å²) >= 11 is 8.31. The van der Waals surface area contributed by atoms with Gasteiger partial charge in [0, 0.05) is 15.2 Å². The van der Waals surface area contributed by atoms with Gasteiger partial charge in [0.25, 0.3) is 5.91 Å². The van der Waals surface area contributed by atoms with Crippen LogP contribution in [0.1, 0.15) is 10.4 Å². The number of fused-ring (bicyclic) bond motifs is 1. The van der Waals surface area contributed by atoms with E-state index in [1.54, 1.807) is 12.1 Å². The molecule has 0 fully saturated rings. The zero-order valence-corrected chi connectivity index (χ0v) is 13.2. The van der Waals surface area contributed by atoms with Crippen molar-refractivity contribution in [1.82, 2.24) is 4.98 Å². The summed E-state index contributed by atoms with van der Waals surface area (Å²) in [5.41, 5.74) is 2.04. The molecular weight excluding hydrogens is 387 g/mol. The van der Waals surface area contributed by atoms with Crippen molar-refractivity contribution in [2.75, 3.05) is 5.32 Å². The molecule has 0 bridgehead atoms. The van der Waals surface area contributed by atoms with Gasteiger partial charge in [-0.25, -0.2) is 0 Å². The lowest BCUT2D eigenvalue weighted by molar-refractivity contribution is 0.102. The van der Waals surface area contributed by atoms with Crippen LogP contribution in [0.2, 0.25) is 5.02 Å². The number of H-pyrrole nitrogens is 1. The van der Waals surface area contributed by atoms with Gasteiger partial charge in [-0.15, -0.1) is 0 Å². The highest BCUT2D eigenvalue weighted by Gasteiger charge is 2.12. The van der Waals surface area contributed by atoms with Crippen molar-refractivity contribution >= 4 is 56.7 Å². The summed E-state index contributed by atoms with van der Waals surface area (Å²) in [6.45, 7) is 0. The number of carbonyl (C=O) groups is 1. The first kappa shape index (κ1) is 13.5. The average molecular weight is 397 g/mol. The van der Waals surface area contributed by atoms with Crippen LogP contribution in [0.15, 0.2) is 48.7 Å². The molecule has 3 nitrogen and oxygen atoms in total. The number of aromatic amines is 1. The molecule has 0 spiro atoms. The molecular formula is C15H10ClIN2O. The quantitative estimate of drug-likeness (QED) is 0.607. The summed E-state index contributed by atoms with van der Waals surface area (Å²) in [5.74, 6) is -0.179. The van der Waals surface area contributed by atoms with E-state index < -0.39 is 0 Å². The molecule has 20 heavy (non-hydrogen) atoms. The normalized spacial score (nSPS) is 10.7. The molecule has 0 radical (unpaired) electrons. The average Bonchev–Trinajstić information content (AvgIpc) is 2.90. The first-order valence-electron chi connectivity index (χ1n) is 5.97. The van der Waals surface area contributed by atoms with Crippen LogP contribution in [0, 0.1) is 3.57 Å². The number of para-hydroxylation sites is 1. The van der Waals surface area contributed by atoms with Gasteiger partial charge in [-0.3, -0.25) is 4.79 Å². The van der Waals surface area contributed by atoms with Gasteiger partial charge in [0.1, 0.15) is 0 Å². The van der Waals surface area contributed by atoms with Crippen LogP contribution in [0.3, 0.4) is 0 Å². The van der Waals surface area contributed by atoms with Crippen molar-refractivity contribution in [3.8, 4) is 0 Å². The Morgan fingerprint density at radius 1 is 1.20 bits per heavy atom. The van der Waals surface area contributed by atoms with Gasteiger partial charge in [-0.2, -0.15) is 0 Å². The van der Waals surface area contributed by atoms with Gasteiger partial charge in [-0.1, -0.05) is 23.7 Å². The van der Waals surface area contributed by atoms with E-state index >= 15 is 0 Å². The van der Waals surface area contributed by atoms with E-state index in [1.807, 2.05) is 36.5 Å². The molecule has 0 saturated carbocycles. The lowest BCUT2D eigenvalue weighted by atomic mass is 10.1. The molecule has 0 saturated heterocycles. The van der Waals surface area contributed by atoms with E-state index in [0.717, 1.165) is 14.5 Å². The fraction of sp³-hybridized carbons (Fsp3) is 0. The molecule has 5 heteroatoms. The molecule has 0 aliphatic carbocycles. The van der Waals surface area contributed by atoms with E-state index in [0.29, 0.717) is 16.3 Å². The van der Waals surface area contributed by atoms with E-state index in [2.05, 4.69) is 32.9 Å². The van der Waals surface area contributed by atoms with Gasteiger partial charge >= 0.3 is 0 Å². The number of hydrogen-bond donors (Lipinski definition) is 2. The van der Waals surface area contributed by atoms with Crippen LogP contribution >= 0.6 is 34.2 Å². The number of benzene rings is 2. The first-order chi connectivity index (χ1) is 9.65. The Morgan fingerprint density at radius 2 is 2.05 bits per heavy atom. The maximum absolute atomic E-state index is 12.4. The van der Waals surface area contributed by atoms with Gasteiger partial charge in [0.2, 0.25) is 0 Å². The standard InChI is InChI=1S/C15H10ClIN2O/c16-12-8-10(17)4-5-13(12)19-15(20)11-3-1-2-9-6-7-18-14(9)11/h1-8,18H,(H,19,20). The monoisotopic (exact) mass is 396 g/mol. The molecule has 2 N–H and O–H groups in total. The zero-order valence-electron chi connectivity index (χ0n) is 10.3. The maximum atomic E-state index is 12.4. The third kappa shape index (κ3) is 2.53. The number of carbonyl (C=O) groups excluding carboxylic acids is 1. The lowest BCUT2D eigenvalue weighted by Crippen LogP contribution is -2.12. The molecule has 0 unspecified atom stereocenters. The predicted molar refractivity (Wildman–Crippen MR) is 90.4 cm³/mol. The summed E-state index contributed by atoms with van der Waals surface area (Å²) < 4.78 is 1.03. The Labute approximate surface area is 134 Å². The SMILES string of the molecule is O=C(Nc1ccc(I)cc1Cl)c1cccc2cc[nH]c12. The second-order valence-corrected chi connectivity index (χ2v) is 5.98. The topological polar surface area (TPSA) is 44.9 Å². The minimum absolute atomic E-state index is 0.179. The Hall–Kier alpha value is -1.53. The predicted octanol–water partition coefficient (Wildman–Crippen LogP) is 4.68. The van der Waals surface area contributed by atoms with Crippen LogP contribution in [0.5, 0.6) is 0 Å². The first-order valence-corrected chi connectivity index (χ1v) is 7.43. The third-order valence-corrected chi connectivity index (χ3v) is 3.99. The minimum atomic E-state index is -0.179. The summed E-state index contributed by atoms with van der Waals surface area (Å²) in [5, 5.41) is 4.38. The number of halogens is 2. The summed E-state index contributed by atoms with van der Waals surface area (Å²) in [4.78, 5) is 15.5. The van der Waals surface area contributed by atoms with Crippen LogP contribution in [-0.4, -0.2) is 10.9 Å². The number of anilines is 1. The maximum Gasteiger partial charge on any atom is 0.257 e. The van der Waals surface area contributed by atoms with Gasteiger partial charge in [-0.05, 0) is 52.9 Å². The second-order valence-electron chi connectivity index (χ2n) is 4.33. The number of rotatable bonds is 2. The highest BCUT2D eigenvalue weighted by atomic mass is 127. The molecule has 0 aliphatic heterocycles. The van der Waals surface area contributed by atoms with Crippen molar-refractivity contribution in [2.45, 2.75) is 0 Å². The summed E-state index contributed by atoms with van der Waals surface area (Å²) in [7, 11) is 0. The lowest BCUT2D eigenvalue weighted by Gasteiger charge is -2.08. The van der Waals surface area contributed by atoms with Gasteiger partial charge in [0.05, 0.1) is 21.8 Å². The highest BCUT2D eigenvalue weighted by Crippen LogP contribution is 2.25. The number of nitrogens with one attached hydrogen (secondary N) is 2. The molecule has 2 aromatic carbocycles. The molecule has 100 valence electrons. The number of hydrogen-bond acceptors (Lipinski definition) is 1. The van der Waals surface area contributed by atoms with Crippen molar-refractivity contribution in [3.63, 3.8) is 0 Å². The van der Waals surface area contributed by atoms with Crippen LogP contribution in [-0.2, 0) is 0 Å². The molecule has 1 aromatic heterocycles. The molecule has 0 aliphatic rings. The number of amides is 1. The van der Waals surface area contributed by atoms with Gasteiger partial charge in [0.15, 0.2) is 0 Å². The second kappa shape index (κ2) is 5.46. The molecule has 3 aromatic rings. The zero-order chi connectivity index (χ0) is 14.1. The van der Waals surface area contributed by atoms with Crippen molar-refractivity contribution in [1.29, 1.82) is 0 Å². The van der Waals surface area contributed by atoms with Crippen molar-refractivity contribution < 1.29 is 4.79 Å². The minimum Gasteiger partial charge on any atom is -0.361 e. The third-order valence-electron chi connectivity index (χ3n) is 3.01. The van der Waals surface area contributed by atoms with E-state index in [1.165, 1.54) is 0 Å². The molecule has 3 rings (SSSR count). The summed E-state index contributed by atoms with van der Waals surface area (Å²) in [6.07, 6.45) is 1.82. The van der Waals surface area contributed by atoms with Crippen LogP contribution in [0.25, 0.3) is 10.9 Å². The van der Waals surface area contributed by atoms with E-state index in [4.69, 9.17) is 11.6 Å². The highest BCUT2D eigenvalue weighted by molar-refractivity contribution is 14.1. The largest absolute Gasteiger partial charge is 0.361 e. The van der Waals surface area contributed by atoms with Crippen LogP contribution in [0.4, 0.5) is 5.69 Å². The van der Waals surface area contributed by atoms with E-state index in [9.17, 15) is 4.79 Å². The van der Waals surface area contributed by atoms with E-state index in [-0.39, 0.29) is 5.91 Å². The van der Waals surface area contributed by atoms with Gasteiger partial charge < -0.3 is 10.3 Å². The Bertz CT molecular complexity index is 797.